The molecule has 6 heteroatoms. The normalized spacial score (nSPS) is 9.67. The van der Waals surface area contributed by atoms with Gasteiger partial charge >= 0.3 is 0 Å². The van der Waals surface area contributed by atoms with Crippen LogP contribution in [0.15, 0.2) is 11.4 Å². The highest BCUT2D eigenvalue weighted by Crippen LogP contribution is 1.88. The van der Waals surface area contributed by atoms with E-state index >= 15 is 0 Å². The second-order valence-corrected chi connectivity index (χ2v) is 1.76. The lowest BCUT2D eigenvalue weighted by Gasteiger charge is -1.94. The van der Waals surface area contributed by atoms with Crippen molar-refractivity contribution >= 4 is 5.91 Å². The predicted octanol–water partition coefficient (Wildman–Crippen LogP) is -4.37. The Morgan fingerprint density at radius 2 is 1.92 bits per heavy atom. The van der Waals surface area contributed by atoms with E-state index in [1.807, 2.05) is 0 Å². The molecule has 0 aromatic rings. The summed E-state index contributed by atoms with van der Waals surface area (Å²) in [5.41, 5.74) is 3.13. The average Bonchev–Trinajstić information content (AvgIpc) is 1.98. The fourth-order valence-electron chi connectivity index (χ4n) is 0.403. The van der Waals surface area contributed by atoms with Crippen molar-refractivity contribution in [2.75, 3.05) is 0 Å². The summed E-state index contributed by atoms with van der Waals surface area (Å²) in [6.45, 7) is 1.25. The van der Waals surface area contributed by atoms with E-state index in [-0.39, 0.29) is 23.8 Å². The largest absolute Gasteiger partial charge is 1.00 e. The summed E-state index contributed by atoms with van der Waals surface area (Å²) in [4.78, 5) is 10.4. The van der Waals surface area contributed by atoms with E-state index in [2.05, 4.69) is 11.1 Å². The summed E-state index contributed by atoms with van der Waals surface area (Å²) >= 11 is 0. The summed E-state index contributed by atoms with van der Waals surface area (Å²) in [6, 6.07) is 3.30. The Morgan fingerprint density at radius 3 is 2.17 bits per heavy atom. The van der Waals surface area contributed by atoms with Gasteiger partial charge in [0.15, 0.2) is 11.8 Å². The molecule has 0 atom stereocenters. The molecule has 0 aliphatic heterocycles. The number of amides is 1. The van der Waals surface area contributed by atoms with Crippen molar-refractivity contribution < 1.29 is 22.9 Å². The van der Waals surface area contributed by atoms with Gasteiger partial charge < -0.3 is 23.5 Å². The zero-order chi connectivity index (χ0) is 8.85. The molecule has 0 spiro atoms. The highest BCUT2D eigenvalue weighted by Gasteiger charge is 2.06. The topological polar surface area (TPSA) is 104 Å². The molecule has 0 aliphatic carbocycles. The number of halogens is 1. The van der Waals surface area contributed by atoms with Gasteiger partial charge in [-0.05, 0) is 0 Å². The molecule has 12 heavy (non-hydrogen) atoms. The Kier molecular flexibility index (Phi) is 6.71. The Morgan fingerprint density at radius 1 is 1.42 bits per heavy atom. The van der Waals surface area contributed by atoms with Crippen LogP contribution >= 0.6 is 0 Å². The maximum absolute atomic E-state index is 10.4. The standard InChI is InChI=1S/C6H6N4O.ClH/c1-4(11)10-6(3-8)5(9)2-7;/h9H2,1H3,(H,10,11);1H/b6-5-;. The quantitative estimate of drug-likeness (QED) is 0.404. The van der Waals surface area contributed by atoms with Crippen molar-refractivity contribution in [2.45, 2.75) is 6.92 Å². The lowest BCUT2D eigenvalue weighted by molar-refractivity contribution is -0.294. The third-order valence-electron chi connectivity index (χ3n) is 0.850. The number of rotatable bonds is 1. The van der Waals surface area contributed by atoms with Crippen LogP contribution in [0.5, 0.6) is 0 Å². The highest BCUT2D eigenvalue weighted by atomic mass is 35.5. The molecule has 0 radical (unpaired) electrons. The molecule has 1 amide bonds. The van der Waals surface area contributed by atoms with Gasteiger partial charge in [0.25, 0.3) is 0 Å². The van der Waals surface area contributed by atoms with Gasteiger partial charge in [-0.25, -0.2) is 0 Å². The zero-order valence-corrected chi connectivity index (χ0v) is 7.14. The number of nitrogens with zero attached hydrogens (tertiary/aromatic N) is 2. The van der Waals surface area contributed by atoms with Gasteiger partial charge in [0.05, 0.1) is 0 Å². The first-order chi connectivity index (χ1) is 5.11. The Labute approximate surface area is 75.9 Å². The van der Waals surface area contributed by atoms with Gasteiger partial charge in [-0.3, -0.25) is 4.79 Å². The van der Waals surface area contributed by atoms with Crippen LogP contribution in [0.2, 0.25) is 0 Å². The third kappa shape index (κ3) is 4.29. The molecule has 0 fully saturated rings. The van der Waals surface area contributed by atoms with E-state index in [4.69, 9.17) is 10.5 Å². The number of nitriles is 2. The lowest BCUT2D eigenvalue weighted by Crippen LogP contribution is -3.00. The Balaban J connectivity index is 0. The van der Waals surface area contributed by atoms with Crippen molar-refractivity contribution in [3.8, 4) is 12.1 Å². The van der Waals surface area contributed by atoms with Gasteiger partial charge in [0.2, 0.25) is 11.6 Å². The number of hydrogen-bond donors (Lipinski definition) is 2. The van der Waals surface area contributed by atoms with Crippen LogP contribution in [-0.2, 0) is 4.79 Å². The molecule has 4 N–H and O–H groups in total. The van der Waals surface area contributed by atoms with Crippen molar-refractivity contribution in [1.82, 2.24) is 5.32 Å². The lowest BCUT2D eigenvalue weighted by atomic mass is 10.3. The SMILES string of the molecule is CC(=O)N/C(C#N)=C(\[NH3+])C#N.[Cl-]. The van der Waals surface area contributed by atoms with Crippen molar-refractivity contribution in [1.29, 1.82) is 10.5 Å². The first kappa shape index (κ1) is 13.1. The van der Waals surface area contributed by atoms with E-state index < -0.39 is 5.91 Å². The van der Waals surface area contributed by atoms with Crippen LogP contribution in [0.1, 0.15) is 6.92 Å². The number of carbonyl (C=O) groups excluding carboxylic acids is 1. The molecule has 0 bridgehead atoms. The third-order valence-corrected chi connectivity index (χ3v) is 0.850. The van der Waals surface area contributed by atoms with Crippen molar-refractivity contribution in [3.63, 3.8) is 0 Å². The van der Waals surface area contributed by atoms with E-state index in [0.29, 0.717) is 0 Å². The van der Waals surface area contributed by atoms with Gasteiger partial charge in [0.1, 0.15) is 6.07 Å². The Bertz CT molecular complexity index is 283. The fraction of sp³-hybridized carbons (Fsp3) is 0.167. The molecule has 0 heterocycles. The average molecular weight is 187 g/mol. The van der Waals surface area contributed by atoms with Gasteiger partial charge in [0, 0.05) is 6.92 Å². The van der Waals surface area contributed by atoms with E-state index in [1.165, 1.54) is 6.92 Å². The molecule has 0 aliphatic rings. The van der Waals surface area contributed by atoms with Gasteiger partial charge in [-0.2, -0.15) is 10.5 Å². The molecule has 0 aromatic carbocycles. The van der Waals surface area contributed by atoms with Crippen LogP contribution in [0.4, 0.5) is 0 Å². The number of allylic oxidation sites excluding steroid dienone is 2. The first-order valence-corrected chi connectivity index (χ1v) is 2.75. The summed E-state index contributed by atoms with van der Waals surface area (Å²) < 4.78 is 0. The molecular weight excluding hydrogens is 180 g/mol. The maximum atomic E-state index is 10.4. The smallest absolute Gasteiger partial charge is 0.240 e. The van der Waals surface area contributed by atoms with Gasteiger partial charge in [-0.15, -0.1) is 0 Å². The minimum absolute atomic E-state index is 0. The number of nitrogens with one attached hydrogen (secondary N) is 1. The first-order valence-electron chi connectivity index (χ1n) is 2.75. The summed E-state index contributed by atoms with van der Waals surface area (Å²) in [6.07, 6.45) is 0. The van der Waals surface area contributed by atoms with E-state index in [9.17, 15) is 4.79 Å². The van der Waals surface area contributed by atoms with Crippen LogP contribution in [-0.4, -0.2) is 5.91 Å². The fourth-order valence-corrected chi connectivity index (χ4v) is 0.403. The second-order valence-electron chi connectivity index (χ2n) is 1.76. The Hall–Kier alpha value is -1.56. The van der Waals surface area contributed by atoms with Crippen molar-refractivity contribution in [3.05, 3.63) is 11.4 Å². The molecule has 64 valence electrons. The van der Waals surface area contributed by atoms with Crippen molar-refractivity contribution in [2.24, 2.45) is 0 Å². The van der Waals surface area contributed by atoms with Gasteiger partial charge in [-0.1, -0.05) is 0 Å². The molecular formula is C6H7ClN4O. The molecule has 0 saturated heterocycles. The number of quaternary nitrogens is 1. The predicted molar refractivity (Wildman–Crippen MR) is 35.0 cm³/mol. The summed E-state index contributed by atoms with van der Waals surface area (Å²) in [5, 5.41) is 18.8. The van der Waals surface area contributed by atoms with E-state index in [1.54, 1.807) is 12.1 Å². The second kappa shape index (κ2) is 6.17. The monoisotopic (exact) mass is 186 g/mol. The van der Waals surface area contributed by atoms with Crippen LogP contribution in [0, 0.1) is 22.7 Å². The summed E-state index contributed by atoms with van der Waals surface area (Å²) in [5.74, 6) is -0.391. The molecule has 0 unspecified atom stereocenters. The number of hydrogen-bond acceptors (Lipinski definition) is 3. The van der Waals surface area contributed by atoms with Crippen LogP contribution in [0.3, 0.4) is 0 Å². The molecule has 0 rings (SSSR count). The highest BCUT2D eigenvalue weighted by molar-refractivity contribution is 5.76. The van der Waals surface area contributed by atoms with Crippen LogP contribution in [0.25, 0.3) is 0 Å². The molecule has 0 saturated carbocycles. The molecule has 0 aromatic heterocycles. The summed E-state index contributed by atoms with van der Waals surface area (Å²) in [7, 11) is 0. The van der Waals surface area contributed by atoms with E-state index in [0.717, 1.165) is 0 Å². The molecule has 5 nitrogen and oxygen atoms in total. The maximum Gasteiger partial charge on any atom is 0.240 e. The van der Waals surface area contributed by atoms with Crippen LogP contribution < -0.4 is 23.5 Å². The minimum atomic E-state index is -0.391. The number of carbonyl (C=O) groups is 1. The zero-order valence-electron chi connectivity index (χ0n) is 6.39. The minimum Gasteiger partial charge on any atom is -1.00 e.